The first-order valence-electron chi connectivity index (χ1n) is 9.34. The van der Waals surface area contributed by atoms with Crippen LogP contribution in [-0.2, 0) is 6.54 Å². The summed E-state index contributed by atoms with van der Waals surface area (Å²) >= 11 is 1.29. The molecular formula is C20H21N5O3S. The second kappa shape index (κ2) is 8.54. The van der Waals surface area contributed by atoms with Gasteiger partial charge in [-0.3, -0.25) is 14.5 Å². The van der Waals surface area contributed by atoms with E-state index >= 15 is 0 Å². The summed E-state index contributed by atoms with van der Waals surface area (Å²) in [4.78, 5) is 28.7. The molecule has 1 aromatic carbocycles. The highest BCUT2D eigenvalue weighted by Crippen LogP contribution is 2.17. The Kier molecular flexibility index (Phi) is 5.68. The Morgan fingerprint density at radius 2 is 1.86 bits per heavy atom. The highest BCUT2D eigenvalue weighted by atomic mass is 32.1. The summed E-state index contributed by atoms with van der Waals surface area (Å²) in [5, 5.41) is 12.1. The van der Waals surface area contributed by atoms with E-state index in [2.05, 4.69) is 20.4 Å². The van der Waals surface area contributed by atoms with Gasteiger partial charge in [0.25, 0.3) is 11.8 Å². The Balaban J connectivity index is 1.29. The predicted molar refractivity (Wildman–Crippen MR) is 109 cm³/mol. The summed E-state index contributed by atoms with van der Waals surface area (Å²) in [6.07, 6.45) is 1.51. The topological polar surface area (TPSA) is 91.6 Å². The van der Waals surface area contributed by atoms with E-state index in [4.69, 9.17) is 4.42 Å². The third kappa shape index (κ3) is 4.69. The van der Waals surface area contributed by atoms with Crippen molar-refractivity contribution < 1.29 is 14.0 Å². The van der Waals surface area contributed by atoms with Gasteiger partial charge in [-0.25, -0.2) is 0 Å². The normalized spacial score (nSPS) is 14.7. The Morgan fingerprint density at radius 3 is 2.55 bits per heavy atom. The van der Waals surface area contributed by atoms with Gasteiger partial charge in [0.05, 0.1) is 12.8 Å². The van der Waals surface area contributed by atoms with Crippen LogP contribution in [0.15, 0.2) is 47.1 Å². The average Bonchev–Trinajstić information content (AvgIpc) is 3.42. The zero-order valence-corrected chi connectivity index (χ0v) is 16.8. The Labute approximate surface area is 172 Å². The molecular weight excluding hydrogens is 390 g/mol. The number of rotatable bonds is 5. The lowest BCUT2D eigenvalue weighted by atomic mass is 10.2. The van der Waals surface area contributed by atoms with E-state index in [0.717, 1.165) is 29.3 Å². The number of furan rings is 1. The molecule has 0 radical (unpaired) electrons. The van der Waals surface area contributed by atoms with Crippen molar-refractivity contribution >= 4 is 28.8 Å². The molecule has 0 aliphatic carbocycles. The molecule has 2 amide bonds. The van der Waals surface area contributed by atoms with Crippen molar-refractivity contribution in [2.45, 2.75) is 13.5 Å². The van der Waals surface area contributed by atoms with Gasteiger partial charge in [0.2, 0.25) is 5.01 Å². The zero-order valence-electron chi connectivity index (χ0n) is 16.0. The fourth-order valence-electron chi connectivity index (χ4n) is 3.09. The van der Waals surface area contributed by atoms with E-state index in [1.54, 1.807) is 17.0 Å². The van der Waals surface area contributed by atoms with Crippen molar-refractivity contribution in [2.75, 3.05) is 31.5 Å². The molecule has 29 heavy (non-hydrogen) atoms. The van der Waals surface area contributed by atoms with Gasteiger partial charge in [0.1, 0.15) is 5.01 Å². The van der Waals surface area contributed by atoms with Gasteiger partial charge in [-0.2, -0.15) is 0 Å². The molecule has 1 fully saturated rings. The molecule has 0 bridgehead atoms. The fraction of sp³-hybridized carbons (Fsp3) is 0.300. The lowest BCUT2D eigenvalue weighted by molar-refractivity contribution is 0.0597. The van der Waals surface area contributed by atoms with Crippen molar-refractivity contribution in [1.29, 1.82) is 0 Å². The van der Waals surface area contributed by atoms with Crippen LogP contribution < -0.4 is 5.32 Å². The van der Waals surface area contributed by atoms with Gasteiger partial charge in [-0.15, -0.1) is 10.2 Å². The SMILES string of the molecule is Cc1ccc(NC(=O)c2nnc(CN3CCN(C(=O)c4ccco4)CC3)s2)cc1. The summed E-state index contributed by atoms with van der Waals surface area (Å²) in [6.45, 7) is 5.32. The lowest BCUT2D eigenvalue weighted by Crippen LogP contribution is -2.48. The molecule has 1 N–H and O–H groups in total. The molecule has 0 saturated carbocycles. The molecule has 3 heterocycles. The summed E-state index contributed by atoms with van der Waals surface area (Å²) in [5.74, 6) is 0.0268. The second-order valence-corrected chi connectivity index (χ2v) is 7.93. The highest BCUT2D eigenvalue weighted by Gasteiger charge is 2.24. The quantitative estimate of drug-likeness (QED) is 0.694. The molecule has 150 valence electrons. The van der Waals surface area contributed by atoms with E-state index in [1.165, 1.54) is 17.6 Å². The van der Waals surface area contributed by atoms with E-state index in [9.17, 15) is 9.59 Å². The van der Waals surface area contributed by atoms with Gasteiger partial charge >= 0.3 is 0 Å². The minimum atomic E-state index is -0.258. The smallest absolute Gasteiger partial charge is 0.289 e. The molecule has 2 aromatic heterocycles. The second-order valence-electron chi connectivity index (χ2n) is 6.87. The van der Waals surface area contributed by atoms with Crippen LogP contribution in [0, 0.1) is 6.92 Å². The van der Waals surface area contributed by atoms with Crippen LogP contribution in [0.5, 0.6) is 0 Å². The first-order valence-corrected chi connectivity index (χ1v) is 10.2. The fourth-order valence-corrected chi connectivity index (χ4v) is 3.86. The Bertz CT molecular complexity index is 976. The summed E-state index contributed by atoms with van der Waals surface area (Å²) in [6, 6.07) is 11.0. The van der Waals surface area contributed by atoms with E-state index in [0.29, 0.717) is 30.4 Å². The van der Waals surface area contributed by atoms with Crippen molar-refractivity contribution in [1.82, 2.24) is 20.0 Å². The maximum atomic E-state index is 12.4. The monoisotopic (exact) mass is 411 g/mol. The molecule has 0 spiro atoms. The number of piperazine rings is 1. The van der Waals surface area contributed by atoms with Crippen LogP contribution >= 0.6 is 11.3 Å². The minimum absolute atomic E-state index is 0.0828. The van der Waals surface area contributed by atoms with Gasteiger partial charge in [-0.05, 0) is 31.2 Å². The molecule has 3 aromatic rings. The number of hydrogen-bond acceptors (Lipinski definition) is 7. The number of benzene rings is 1. The maximum Gasteiger partial charge on any atom is 0.289 e. The number of aryl methyl sites for hydroxylation is 1. The Hall–Kier alpha value is -3.04. The van der Waals surface area contributed by atoms with Crippen LogP contribution in [0.1, 0.15) is 30.9 Å². The number of carbonyl (C=O) groups is 2. The molecule has 0 unspecified atom stereocenters. The first kappa shape index (κ1) is 19.3. The number of nitrogens with one attached hydrogen (secondary N) is 1. The molecule has 1 aliphatic rings. The van der Waals surface area contributed by atoms with Crippen LogP contribution in [0.25, 0.3) is 0 Å². The molecule has 0 atom stereocenters. The third-order valence-corrected chi connectivity index (χ3v) is 5.63. The largest absolute Gasteiger partial charge is 0.459 e. The number of nitrogens with zero attached hydrogens (tertiary/aromatic N) is 4. The summed E-state index contributed by atoms with van der Waals surface area (Å²) in [7, 11) is 0. The maximum absolute atomic E-state index is 12.4. The van der Waals surface area contributed by atoms with Crippen LogP contribution in [-0.4, -0.2) is 58.0 Å². The number of amides is 2. The number of hydrogen-bond donors (Lipinski definition) is 1. The van der Waals surface area contributed by atoms with E-state index in [-0.39, 0.29) is 11.8 Å². The van der Waals surface area contributed by atoms with Crippen molar-refractivity contribution in [3.05, 3.63) is 64.0 Å². The molecule has 9 heteroatoms. The van der Waals surface area contributed by atoms with E-state index < -0.39 is 0 Å². The number of aromatic nitrogens is 2. The van der Waals surface area contributed by atoms with Crippen LogP contribution in [0.3, 0.4) is 0 Å². The van der Waals surface area contributed by atoms with Gasteiger partial charge < -0.3 is 14.6 Å². The van der Waals surface area contributed by atoms with Gasteiger partial charge in [0.15, 0.2) is 5.76 Å². The Morgan fingerprint density at radius 1 is 1.10 bits per heavy atom. The van der Waals surface area contributed by atoms with Gasteiger partial charge in [-0.1, -0.05) is 29.0 Å². The number of carbonyl (C=O) groups excluding carboxylic acids is 2. The molecule has 4 rings (SSSR count). The third-order valence-electron chi connectivity index (χ3n) is 4.72. The zero-order chi connectivity index (χ0) is 20.2. The van der Waals surface area contributed by atoms with Crippen LogP contribution in [0.2, 0.25) is 0 Å². The average molecular weight is 411 g/mol. The van der Waals surface area contributed by atoms with E-state index in [1.807, 2.05) is 31.2 Å². The highest BCUT2D eigenvalue weighted by molar-refractivity contribution is 7.13. The number of anilines is 1. The standard InChI is InChI=1S/C20H21N5O3S/c1-14-4-6-15(7-5-14)21-18(26)19-23-22-17(29-19)13-24-8-10-25(11-9-24)20(27)16-3-2-12-28-16/h2-7,12H,8-11,13H2,1H3,(H,21,26). The molecule has 1 saturated heterocycles. The predicted octanol–water partition coefficient (Wildman–Crippen LogP) is 2.65. The molecule has 1 aliphatic heterocycles. The van der Waals surface area contributed by atoms with Crippen molar-refractivity contribution in [3.63, 3.8) is 0 Å². The summed E-state index contributed by atoms with van der Waals surface area (Å²) < 4.78 is 5.19. The lowest BCUT2D eigenvalue weighted by Gasteiger charge is -2.33. The van der Waals surface area contributed by atoms with Crippen molar-refractivity contribution in [2.24, 2.45) is 0 Å². The first-order chi connectivity index (χ1) is 14.1. The van der Waals surface area contributed by atoms with Gasteiger partial charge in [0, 0.05) is 31.9 Å². The molecule has 8 nitrogen and oxygen atoms in total. The summed E-state index contributed by atoms with van der Waals surface area (Å²) in [5.41, 5.74) is 1.86. The minimum Gasteiger partial charge on any atom is -0.459 e. The van der Waals surface area contributed by atoms with Crippen molar-refractivity contribution in [3.8, 4) is 0 Å². The van der Waals surface area contributed by atoms with Crippen LogP contribution in [0.4, 0.5) is 5.69 Å².